The van der Waals surface area contributed by atoms with E-state index in [0.717, 1.165) is 39.3 Å². The molecule has 0 aromatic rings. The molecule has 0 aliphatic carbocycles. The van der Waals surface area contributed by atoms with Gasteiger partial charge in [0.1, 0.15) is 0 Å². The van der Waals surface area contributed by atoms with E-state index < -0.39 is 0 Å². The predicted molar refractivity (Wildman–Crippen MR) is 73.3 cm³/mol. The van der Waals surface area contributed by atoms with Crippen LogP contribution in [0.5, 0.6) is 0 Å². The maximum atomic E-state index is 5.97. The first-order chi connectivity index (χ1) is 7.99. The van der Waals surface area contributed by atoms with Crippen LogP contribution in [0.15, 0.2) is 4.99 Å². The molecule has 0 amide bonds. The normalized spacial score (nSPS) is 19.4. The number of aliphatic imine (C=N–C) groups is 1. The van der Waals surface area contributed by atoms with E-state index >= 15 is 0 Å². The van der Waals surface area contributed by atoms with Gasteiger partial charge in [0, 0.05) is 45.3 Å². The summed E-state index contributed by atoms with van der Waals surface area (Å²) in [5.41, 5.74) is 5.97. The molecule has 1 saturated heterocycles. The zero-order chi connectivity index (χ0) is 12.8. The lowest BCUT2D eigenvalue weighted by Gasteiger charge is -2.35. The molecule has 0 aromatic carbocycles. The van der Waals surface area contributed by atoms with Crippen LogP contribution in [0.1, 0.15) is 13.8 Å². The highest BCUT2D eigenvalue weighted by atomic mass is 15.3. The van der Waals surface area contributed by atoms with Crippen LogP contribution in [0.4, 0.5) is 0 Å². The number of hydrogen-bond donors (Lipinski definition) is 1. The van der Waals surface area contributed by atoms with Gasteiger partial charge < -0.3 is 15.5 Å². The SMILES string of the molecule is CC(C)N=C(N)N1CCN(CCN(C)C)CC1. The van der Waals surface area contributed by atoms with Gasteiger partial charge in [0.05, 0.1) is 0 Å². The zero-order valence-electron chi connectivity index (χ0n) is 11.7. The molecule has 17 heavy (non-hydrogen) atoms. The molecule has 0 bridgehead atoms. The van der Waals surface area contributed by atoms with Gasteiger partial charge in [-0.05, 0) is 27.9 Å². The number of guanidine groups is 1. The van der Waals surface area contributed by atoms with Gasteiger partial charge in [0.25, 0.3) is 0 Å². The molecule has 5 nitrogen and oxygen atoms in total. The Morgan fingerprint density at radius 3 is 2.29 bits per heavy atom. The fraction of sp³-hybridized carbons (Fsp3) is 0.917. The van der Waals surface area contributed by atoms with Gasteiger partial charge in [-0.25, -0.2) is 0 Å². The highest BCUT2D eigenvalue weighted by Gasteiger charge is 2.17. The van der Waals surface area contributed by atoms with Crippen molar-refractivity contribution in [3.05, 3.63) is 0 Å². The van der Waals surface area contributed by atoms with Crippen molar-refractivity contribution in [2.24, 2.45) is 10.7 Å². The Hall–Kier alpha value is -0.810. The Balaban J connectivity index is 2.30. The summed E-state index contributed by atoms with van der Waals surface area (Å²) in [6.07, 6.45) is 0. The molecule has 5 heteroatoms. The number of hydrogen-bond acceptors (Lipinski definition) is 3. The third-order valence-corrected chi connectivity index (χ3v) is 2.95. The second-order valence-corrected chi connectivity index (χ2v) is 5.21. The summed E-state index contributed by atoms with van der Waals surface area (Å²) < 4.78 is 0. The van der Waals surface area contributed by atoms with E-state index in [9.17, 15) is 0 Å². The van der Waals surface area contributed by atoms with Gasteiger partial charge in [-0.15, -0.1) is 0 Å². The lowest BCUT2D eigenvalue weighted by atomic mass is 10.3. The van der Waals surface area contributed by atoms with Crippen LogP contribution in [0, 0.1) is 0 Å². The molecule has 0 spiro atoms. The van der Waals surface area contributed by atoms with E-state index in [1.165, 1.54) is 0 Å². The van der Waals surface area contributed by atoms with Crippen LogP contribution >= 0.6 is 0 Å². The Kier molecular flexibility index (Phi) is 5.71. The molecule has 1 aliphatic rings. The molecule has 0 atom stereocenters. The van der Waals surface area contributed by atoms with E-state index in [2.05, 4.69) is 47.6 Å². The molecular weight excluding hydrogens is 214 g/mol. The average Bonchev–Trinajstić information content (AvgIpc) is 2.26. The third kappa shape index (κ3) is 5.37. The Bertz CT molecular complexity index is 241. The molecular formula is C12H27N5. The Morgan fingerprint density at radius 1 is 1.24 bits per heavy atom. The minimum absolute atomic E-state index is 0.279. The predicted octanol–water partition coefficient (Wildman–Crippen LogP) is -0.111. The summed E-state index contributed by atoms with van der Waals surface area (Å²) in [5, 5.41) is 0. The topological polar surface area (TPSA) is 48.1 Å². The second kappa shape index (κ2) is 6.81. The maximum absolute atomic E-state index is 5.97. The van der Waals surface area contributed by atoms with Crippen molar-refractivity contribution in [1.29, 1.82) is 0 Å². The van der Waals surface area contributed by atoms with Crippen LogP contribution in [0.25, 0.3) is 0 Å². The van der Waals surface area contributed by atoms with E-state index in [1.807, 2.05) is 0 Å². The van der Waals surface area contributed by atoms with Crippen LogP contribution in [0.3, 0.4) is 0 Å². The number of nitrogens with zero attached hydrogens (tertiary/aromatic N) is 4. The number of piperazine rings is 1. The number of likely N-dealkylation sites (N-methyl/N-ethyl adjacent to an activating group) is 1. The van der Waals surface area contributed by atoms with Gasteiger partial charge in [-0.1, -0.05) is 0 Å². The lowest BCUT2D eigenvalue weighted by Crippen LogP contribution is -2.52. The minimum atomic E-state index is 0.279. The molecule has 0 saturated carbocycles. The number of rotatable bonds is 4. The molecule has 0 unspecified atom stereocenters. The van der Waals surface area contributed by atoms with Crippen molar-refractivity contribution < 1.29 is 0 Å². The van der Waals surface area contributed by atoms with Crippen molar-refractivity contribution in [1.82, 2.24) is 14.7 Å². The van der Waals surface area contributed by atoms with Crippen LogP contribution in [0.2, 0.25) is 0 Å². The van der Waals surface area contributed by atoms with E-state index in [4.69, 9.17) is 5.73 Å². The largest absolute Gasteiger partial charge is 0.370 e. The van der Waals surface area contributed by atoms with Crippen molar-refractivity contribution >= 4 is 5.96 Å². The molecule has 0 aromatic heterocycles. The smallest absolute Gasteiger partial charge is 0.191 e. The minimum Gasteiger partial charge on any atom is -0.370 e. The van der Waals surface area contributed by atoms with Crippen molar-refractivity contribution in [2.75, 3.05) is 53.4 Å². The van der Waals surface area contributed by atoms with Crippen LogP contribution in [-0.4, -0.2) is 80.1 Å². The molecule has 1 fully saturated rings. The summed E-state index contributed by atoms with van der Waals surface area (Å²) in [4.78, 5) is 11.3. The van der Waals surface area contributed by atoms with Gasteiger partial charge >= 0.3 is 0 Å². The summed E-state index contributed by atoms with van der Waals surface area (Å²) in [6, 6.07) is 0.279. The molecule has 100 valence electrons. The summed E-state index contributed by atoms with van der Waals surface area (Å²) >= 11 is 0. The Morgan fingerprint density at radius 2 is 1.82 bits per heavy atom. The fourth-order valence-corrected chi connectivity index (χ4v) is 1.89. The second-order valence-electron chi connectivity index (χ2n) is 5.21. The first-order valence-electron chi connectivity index (χ1n) is 6.44. The van der Waals surface area contributed by atoms with Crippen molar-refractivity contribution in [3.8, 4) is 0 Å². The lowest BCUT2D eigenvalue weighted by molar-refractivity contribution is 0.168. The van der Waals surface area contributed by atoms with E-state index in [0.29, 0.717) is 5.96 Å². The average molecular weight is 241 g/mol. The Labute approximate surface area is 105 Å². The first kappa shape index (κ1) is 14.3. The molecule has 1 rings (SSSR count). The maximum Gasteiger partial charge on any atom is 0.191 e. The molecule has 0 radical (unpaired) electrons. The van der Waals surface area contributed by atoms with Gasteiger partial charge in [0.15, 0.2) is 5.96 Å². The van der Waals surface area contributed by atoms with Gasteiger partial charge in [-0.2, -0.15) is 0 Å². The summed E-state index contributed by atoms with van der Waals surface area (Å²) in [6.45, 7) is 10.5. The van der Waals surface area contributed by atoms with Crippen LogP contribution < -0.4 is 5.73 Å². The quantitative estimate of drug-likeness (QED) is 0.551. The highest BCUT2D eigenvalue weighted by Crippen LogP contribution is 2.02. The summed E-state index contributed by atoms with van der Waals surface area (Å²) in [7, 11) is 4.23. The third-order valence-electron chi connectivity index (χ3n) is 2.95. The molecule has 1 aliphatic heterocycles. The van der Waals surface area contributed by atoms with Crippen LogP contribution in [-0.2, 0) is 0 Å². The van der Waals surface area contributed by atoms with Gasteiger partial charge in [-0.3, -0.25) is 9.89 Å². The summed E-state index contributed by atoms with van der Waals surface area (Å²) in [5.74, 6) is 0.701. The van der Waals surface area contributed by atoms with Crippen molar-refractivity contribution in [2.45, 2.75) is 19.9 Å². The first-order valence-corrected chi connectivity index (χ1v) is 6.44. The number of nitrogens with two attached hydrogens (primary N) is 1. The highest BCUT2D eigenvalue weighted by molar-refractivity contribution is 5.78. The van der Waals surface area contributed by atoms with Crippen molar-refractivity contribution in [3.63, 3.8) is 0 Å². The van der Waals surface area contributed by atoms with E-state index in [-0.39, 0.29) is 6.04 Å². The monoisotopic (exact) mass is 241 g/mol. The molecule has 2 N–H and O–H groups in total. The standard InChI is InChI=1S/C12H27N5/c1-11(2)14-12(13)17-9-7-16(8-10-17)6-5-15(3)4/h11H,5-10H2,1-4H3,(H2,13,14). The van der Waals surface area contributed by atoms with E-state index in [1.54, 1.807) is 0 Å². The van der Waals surface area contributed by atoms with Gasteiger partial charge in [0.2, 0.25) is 0 Å². The zero-order valence-corrected chi connectivity index (χ0v) is 11.7. The fourth-order valence-electron chi connectivity index (χ4n) is 1.89. The molecule has 1 heterocycles.